The zero-order valence-electron chi connectivity index (χ0n) is 34.1. The highest BCUT2D eigenvalue weighted by Gasteiger charge is 2.38. The van der Waals surface area contributed by atoms with Gasteiger partial charge in [-0.05, 0) is 106 Å². The van der Waals surface area contributed by atoms with Gasteiger partial charge in [-0.1, -0.05) is 131 Å². The van der Waals surface area contributed by atoms with Gasteiger partial charge < -0.3 is 8.98 Å². The SMILES string of the molecule is CC1(C)CCC(C)(C)c2cc3c(cc21)c1ccc2ccccc2c1n3-c1ccc(-c2nc(-c3ccc4ccccc4c3)nc(-c3cccc4oc5ccccc5c34)n2)cc1. The van der Waals surface area contributed by atoms with Gasteiger partial charge in [0.2, 0.25) is 0 Å². The summed E-state index contributed by atoms with van der Waals surface area (Å²) >= 11 is 0. The first-order valence-corrected chi connectivity index (χ1v) is 21.0. The van der Waals surface area contributed by atoms with Crippen LogP contribution in [0.3, 0.4) is 0 Å². The molecule has 288 valence electrons. The lowest BCUT2D eigenvalue weighted by molar-refractivity contribution is 0.332. The van der Waals surface area contributed by atoms with Crippen LogP contribution < -0.4 is 0 Å². The van der Waals surface area contributed by atoms with E-state index in [0.717, 1.165) is 56.1 Å². The van der Waals surface area contributed by atoms with Gasteiger partial charge in [0.25, 0.3) is 0 Å². The molecule has 3 heterocycles. The summed E-state index contributed by atoms with van der Waals surface area (Å²) in [7, 11) is 0. The van der Waals surface area contributed by atoms with Crippen molar-refractivity contribution in [2.45, 2.75) is 51.4 Å². The van der Waals surface area contributed by atoms with Crippen LogP contribution in [0, 0.1) is 0 Å². The van der Waals surface area contributed by atoms with Gasteiger partial charge >= 0.3 is 0 Å². The summed E-state index contributed by atoms with van der Waals surface area (Å²) in [6.07, 6.45) is 2.34. The zero-order chi connectivity index (χ0) is 40.3. The summed E-state index contributed by atoms with van der Waals surface area (Å²) in [6.45, 7) is 9.65. The Labute approximate surface area is 348 Å². The lowest BCUT2D eigenvalue weighted by atomic mass is 9.63. The lowest BCUT2D eigenvalue weighted by Gasteiger charge is -2.42. The lowest BCUT2D eigenvalue weighted by Crippen LogP contribution is -2.33. The number of rotatable bonds is 4. The van der Waals surface area contributed by atoms with Crippen molar-refractivity contribution >= 4 is 65.3 Å². The standard InChI is InChI=1S/C55H42N4O/c1-54(2)28-29-55(3,4)45-32-46-43(31-44(45)54)40-27-24-34-13-7-8-15-39(34)50(40)59(46)38-25-22-35(23-26-38)51-56-52(37-21-20-33-12-5-6-14-36(33)30-37)58-53(57-51)42-17-11-19-48-49(42)41-16-9-10-18-47(41)60-48/h5-27,30-32H,28-29H2,1-4H3. The van der Waals surface area contributed by atoms with Crippen LogP contribution in [0.2, 0.25) is 0 Å². The molecule has 12 rings (SSSR count). The predicted molar refractivity (Wildman–Crippen MR) is 248 cm³/mol. The molecule has 8 aromatic carbocycles. The van der Waals surface area contributed by atoms with Gasteiger partial charge in [0.1, 0.15) is 11.2 Å². The molecule has 0 saturated heterocycles. The Kier molecular flexibility index (Phi) is 7.38. The molecule has 0 radical (unpaired) electrons. The fraction of sp³-hybridized carbons (Fsp3) is 0.145. The molecule has 0 atom stereocenters. The summed E-state index contributed by atoms with van der Waals surface area (Å²) in [5.41, 5.74) is 11.1. The van der Waals surface area contributed by atoms with E-state index in [2.05, 4.69) is 160 Å². The maximum atomic E-state index is 6.31. The number of aromatic nitrogens is 4. The van der Waals surface area contributed by atoms with Crippen LogP contribution >= 0.6 is 0 Å². The number of furan rings is 1. The number of hydrogen-bond donors (Lipinski definition) is 0. The highest BCUT2D eigenvalue weighted by molar-refractivity contribution is 6.19. The van der Waals surface area contributed by atoms with Gasteiger partial charge in [0.15, 0.2) is 17.5 Å². The summed E-state index contributed by atoms with van der Waals surface area (Å²) in [5.74, 6) is 1.85. The molecule has 0 unspecified atom stereocenters. The van der Waals surface area contributed by atoms with E-state index < -0.39 is 0 Å². The first-order valence-electron chi connectivity index (χ1n) is 21.0. The Hall–Kier alpha value is -7.11. The molecule has 0 N–H and O–H groups in total. The smallest absolute Gasteiger partial charge is 0.164 e. The summed E-state index contributed by atoms with van der Waals surface area (Å²) in [6, 6.07) is 56.3. The van der Waals surface area contributed by atoms with Crippen molar-refractivity contribution < 1.29 is 4.42 Å². The van der Waals surface area contributed by atoms with E-state index in [1.165, 1.54) is 55.5 Å². The minimum atomic E-state index is 0.0818. The van der Waals surface area contributed by atoms with E-state index in [1.54, 1.807) is 0 Å². The molecule has 3 aromatic heterocycles. The third kappa shape index (κ3) is 5.28. The van der Waals surface area contributed by atoms with Crippen molar-refractivity contribution in [3.05, 3.63) is 169 Å². The Morgan fingerprint density at radius 2 is 1.08 bits per heavy atom. The third-order valence-corrected chi connectivity index (χ3v) is 13.3. The molecule has 5 nitrogen and oxygen atoms in total. The fourth-order valence-electron chi connectivity index (χ4n) is 9.91. The molecule has 0 amide bonds. The molecule has 0 saturated carbocycles. The van der Waals surface area contributed by atoms with E-state index in [-0.39, 0.29) is 10.8 Å². The van der Waals surface area contributed by atoms with E-state index in [9.17, 15) is 0 Å². The fourth-order valence-corrected chi connectivity index (χ4v) is 9.91. The average Bonchev–Trinajstić information content (AvgIpc) is 3.83. The molecule has 5 heteroatoms. The first-order chi connectivity index (χ1) is 29.2. The Morgan fingerprint density at radius 1 is 0.467 bits per heavy atom. The molecule has 0 spiro atoms. The Bertz CT molecular complexity index is 3550. The van der Waals surface area contributed by atoms with Gasteiger partial charge in [0, 0.05) is 49.3 Å². The molecule has 60 heavy (non-hydrogen) atoms. The quantitative estimate of drug-likeness (QED) is 0.179. The number of nitrogens with zero attached hydrogens (tertiary/aromatic N) is 4. The second-order valence-corrected chi connectivity index (χ2v) is 17.9. The monoisotopic (exact) mass is 774 g/mol. The predicted octanol–water partition coefficient (Wildman–Crippen LogP) is 14.5. The second kappa shape index (κ2) is 12.7. The summed E-state index contributed by atoms with van der Waals surface area (Å²) < 4.78 is 8.79. The van der Waals surface area contributed by atoms with Crippen molar-refractivity contribution in [2.24, 2.45) is 0 Å². The minimum Gasteiger partial charge on any atom is -0.456 e. The molecule has 0 fully saturated rings. The van der Waals surface area contributed by atoms with Gasteiger partial charge in [-0.15, -0.1) is 0 Å². The van der Waals surface area contributed by atoms with Crippen molar-refractivity contribution in [1.29, 1.82) is 0 Å². The van der Waals surface area contributed by atoms with Crippen LogP contribution in [0.15, 0.2) is 162 Å². The highest BCUT2D eigenvalue weighted by Crippen LogP contribution is 2.49. The zero-order valence-corrected chi connectivity index (χ0v) is 34.1. The minimum absolute atomic E-state index is 0.0818. The molecular formula is C55H42N4O. The van der Waals surface area contributed by atoms with Crippen molar-refractivity contribution in [3.8, 4) is 39.9 Å². The van der Waals surface area contributed by atoms with Crippen LogP contribution in [0.1, 0.15) is 51.7 Å². The van der Waals surface area contributed by atoms with Crippen LogP contribution in [0.25, 0.3) is 105 Å². The summed E-state index contributed by atoms with van der Waals surface area (Å²) in [4.78, 5) is 15.6. The molecule has 0 aliphatic heterocycles. The Balaban J connectivity index is 1.07. The van der Waals surface area contributed by atoms with Gasteiger partial charge in [-0.3, -0.25) is 0 Å². The van der Waals surface area contributed by atoms with Crippen molar-refractivity contribution in [2.75, 3.05) is 0 Å². The van der Waals surface area contributed by atoms with Gasteiger partial charge in [-0.25, -0.2) is 15.0 Å². The van der Waals surface area contributed by atoms with Gasteiger partial charge in [-0.2, -0.15) is 0 Å². The second-order valence-electron chi connectivity index (χ2n) is 17.9. The van der Waals surface area contributed by atoms with Gasteiger partial charge in [0.05, 0.1) is 11.0 Å². The topological polar surface area (TPSA) is 56.7 Å². The molecular weight excluding hydrogens is 733 g/mol. The van der Waals surface area contributed by atoms with E-state index in [4.69, 9.17) is 19.4 Å². The maximum absolute atomic E-state index is 6.31. The van der Waals surface area contributed by atoms with Crippen molar-refractivity contribution in [1.82, 2.24) is 19.5 Å². The average molecular weight is 775 g/mol. The molecule has 1 aliphatic carbocycles. The van der Waals surface area contributed by atoms with E-state index in [1.807, 2.05) is 30.3 Å². The van der Waals surface area contributed by atoms with E-state index in [0.29, 0.717) is 17.5 Å². The summed E-state index contributed by atoms with van der Waals surface area (Å²) in [5, 5.41) is 9.39. The third-order valence-electron chi connectivity index (χ3n) is 13.3. The van der Waals surface area contributed by atoms with Crippen LogP contribution in [-0.4, -0.2) is 19.5 Å². The normalized spacial score (nSPS) is 14.8. The molecule has 1 aliphatic rings. The van der Waals surface area contributed by atoms with Crippen molar-refractivity contribution in [3.63, 3.8) is 0 Å². The Morgan fingerprint density at radius 3 is 1.88 bits per heavy atom. The highest BCUT2D eigenvalue weighted by atomic mass is 16.3. The molecule has 11 aromatic rings. The number of para-hydroxylation sites is 1. The number of hydrogen-bond acceptors (Lipinski definition) is 4. The van der Waals surface area contributed by atoms with Crippen LogP contribution in [0.4, 0.5) is 0 Å². The molecule has 0 bridgehead atoms. The van der Waals surface area contributed by atoms with Crippen LogP contribution in [0.5, 0.6) is 0 Å². The first kappa shape index (κ1) is 34.9. The largest absolute Gasteiger partial charge is 0.456 e. The van der Waals surface area contributed by atoms with Crippen LogP contribution in [-0.2, 0) is 10.8 Å². The number of fused-ring (bicyclic) bond motifs is 10. The van der Waals surface area contributed by atoms with E-state index >= 15 is 0 Å². The maximum Gasteiger partial charge on any atom is 0.164 e. The number of benzene rings is 8.